The molecule has 34 heavy (non-hydrogen) atoms. The van der Waals surface area contributed by atoms with Crippen LogP contribution >= 0.6 is 24.0 Å². The molecular weight excluding hydrogens is 472 g/mol. The van der Waals surface area contributed by atoms with Crippen LogP contribution in [0.4, 0.5) is 5.82 Å². The van der Waals surface area contributed by atoms with Gasteiger partial charge in [-0.2, -0.15) is 5.26 Å². The minimum atomic E-state index is -0.821. The predicted molar refractivity (Wildman–Crippen MR) is 138 cm³/mol. The first-order valence-corrected chi connectivity index (χ1v) is 12.9. The molecule has 2 saturated heterocycles. The number of nitriles is 1. The molecule has 0 saturated carbocycles. The first-order chi connectivity index (χ1) is 16.3. The second kappa shape index (κ2) is 11.7. The average Bonchev–Trinajstić information content (AvgIpc) is 3.08. The number of hydrogen-bond acceptors (Lipinski definition) is 7. The molecule has 0 spiro atoms. The monoisotopic (exact) mass is 502 g/mol. The van der Waals surface area contributed by atoms with E-state index in [1.807, 2.05) is 6.92 Å². The van der Waals surface area contributed by atoms with Crippen molar-refractivity contribution >= 4 is 52.1 Å². The maximum absolute atomic E-state index is 13.2. The molecule has 1 N–H and O–H groups in total. The fourth-order valence-electron chi connectivity index (χ4n) is 4.43. The van der Waals surface area contributed by atoms with E-state index in [9.17, 15) is 19.6 Å². The summed E-state index contributed by atoms with van der Waals surface area (Å²) >= 11 is 6.68. The number of aromatic nitrogens is 1. The molecule has 2 aliphatic heterocycles. The van der Waals surface area contributed by atoms with Gasteiger partial charge in [-0.1, -0.05) is 30.4 Å². The predicted octanol–water partition coefficient (Wildman–Crippen LogP) is 3.88. The average molecular weight is 503 g/mol. The minimum absolute atomic E-state index is 0.0998. The molecular formula is C24H30N4O4S2. The van der Waals surface area contributed by atoms with Gasteiger partial charge in [-0.15, -0.1) is 0 Å². The topological polar surface area (TPSA) is 107 Å². The Hall–Kier alpha value is -2.64. The molecule has 3 heterocycles. The summed E-state index contributed by atoms with van der Waals surface area (Å²) < 4.78 is 2.11. The van der Waals surface area contributed by atoms with Crippen molar-refractivity contribution in [3.05, 3.63) is 31.9 Å². The van der Waals surface area contributed by atoms with Crippen LogP contribution in [0.1, 0.15) is 68.6 Å². The van der Waals surface area contributed by atoms with Crippen LogP contribution in [-0.4, -0.2) is 50.4 Å². The number of piperidine rings is 1. The van der Waals surface area contributed by atoms with E-state index in [1.165, 1.54) is 11.8 Å². The number of pyridine rings is 1. The molecule has 2 aliphatic rings. The Morgan fingerprint density at radius 3 is 2.53 bits per heavy atom. The molecule has 0 aliphatic carbocycles. The summed E-state index contributed by atoms with van der Waals surface area (Å²) in [4.78, 5) is 41.1. The Morgan fingerprint density at radius 1 is 1.21 bits per heavy atom. The second-order valence-corrected chi connectivity index (χ2v) is 10.2. The van der Waals surface area contributed by atoms with Gasteiger partial charge >= 0.3 is 5.97 Å². The van der Waals surface area contributed by atoms with Crippen LogP contribution in [0.3, 0.4) is 0 Å². The molecule has 3 rings (SSSR count). The van der Waals surface area contributed by atoms with Crippen molar-refractivity contribution in [3.8, 4) is 6.07 Å². The third kappa shape index (κ3) is 5.53. The fourth-order valence-corrected chi connectivity index (χ4v) is 5.72. The Kier molecular flexibility index (Phi) is 8.91. The van der Waals surface area contributed by atoms with Gasteiger partial charge < -0.3 is 10.0 Å². The van der Waals surface area contributed by atoms with Gasteiger partial charge in [0.05, 0.1) is 4.91 Å². The second-order valence-electron chi connectivity index (χ2n) is 8.48. The number of amides is 1. The summed E-state index contributed by atoms with van der Waals surface area (Å²) in [6.45, 7) is 6.17. The molecule has 0 unspecified atom stereocenters. The third-order valence-corrected chi connectivity index (χ3v) is 7.62. The van der Waals surface area contributed by atoms with Crippen LogP contribution in [0.25, 0.3) is 6.08 Å². The van der Waals surface area contributed by atoms with E-state index in [4.69, 9.17) is 17.3 Å². The molecule has 10 heteroatoms. The van der Waals surface area contributed by atoms with Crippen LogP contribution < -0.4 is 10.5 Å². The Labute approximate surface area is 209 Å². The van der Waals surface area contributed by atoms with E-state index in [0.717, 1.165) is 43.7 Å². The normalized spacial score (nSPS) is 17.5. The Morgan fingerprint density at radius 2 is 1.91 bits per heavy atom. The first kappa shape index (κ1) is 26.0. The number of thiocarbonyl (C=S) groups is 1. The Balaban J connectivity index is 1.96. The van der Waals surface area contributed by atoms with Crippen molar-refractivity contribution in [2.45, 2.75) is 65.3 Å². The number of hydrogen-bond donors (Lipinski definition) is 1. The van der Waals surface area contributed by atoms with Crippen LogP contribution in [0.5, 0.6) is 0 Å². The largest absolute Gasteiger partial charge is 0.481 e. The van der Waals surface area contributed by atoms with Gasteiger partial charge in [0.25, 0.3) is 11.5 Å². The van der Waals surface area contributed by atoms with E-state index >= 15 is 0 Å². The van der Waals surface area contributed by atoms with Crippen LogP contribution in [-0.2, 0) is 16.1 Å². The molecule has 0 aromatic carbocycles. The van der Waals surface area contributed by atoms with Crippen molar-refractivity contribution < 1.29 is 14.7 Å². The molecule has 2 fully saturated rings. The zero-order chi connectivity index (χ0) is 24.8. The number of nitrogens with zero attached hydrogens (tertiary/aromatic N) is 4. The molecule has 1 aromatic heterocycles. The number of aliphatic carboxylic acids is 1. The molecule has 1 amide bonds. The summed E-state index contributed by atoms with van der Waals surface area (Å²) in [6, 6.07) is 2.06. The van der Waals surface area contributed by atoms with Gasteiger partial charge in [0.15, 0.2) is 0 Å². The van der Waals surface area contributed by atoms with E-state index < -0.39 is 5.97 Å². The van der Waals surface area contributed by atoms with Gasteiger partial charge in [-0.25, -0.2) is 0 Å². The van der Waals surface area contributed by atoms with Crippen molar-refractivity contribution in [1.82, 2.24) is 9.47 Å². The van der Waals surface area contributed by atoms with E-state index in [-0.39, 0.29) is 23.5 Å². The number of thioether (sulfide) groups is 1. The molecule has 0 atom stereocenters. The van der Waals surface area contributed by atoms with Gasteiger partial charge in [-0.05, 0) is 57.6 Å². The van der Waals surface area contributed by atoms with E-state index in [0.29, 0.717) is 47.1 Å². The zero-order valence-corrected chi connectivity index (χ0v) is 21.3. The molecule has 0 bridgehead atoms. The number of carbonyl (C=O) groups is 2. The highest BCUT2D eigenvalue weighted by atomic mass is 32.2. The fraction of sp³-hybridized carbons (Fsp3) is 0.542. The smallest absolute Gasteiger partial charge is 0.303 e. The number of rotatable bonds is 9. The maximum Gasteiger partial charge on any atom is 0.303 e. The zero-order valence-electron chi connectivity index (χ0n) is 19.6. The lowest BCUT2D eigenvalue weighted by molar-refractivity contribution is -0.137. The third-order valence-electron chi connectivity index (χ3n) is 6.24. The summed E-state index contributed by atoms with van der Waals surface area (Å²) in [7, 11) is 0. The summed E-state index contributed by atoms with van der Waals surface area (Å²) in [6.07, 6.45) is 7.04. The summed E-state index contributed by atoms with van der Waals surface area (Å²) in [5.41, 5.74) is 1.11. The molecule has 0 radical (unpaired) electrons. The lowest BCUT2D eigenvalue weighted by atomic mass is 10.0. The van der Waals surface area contributed by atoms with Gasteiger partial charge in [0.1, 0.15) is 21.8 Å². The summed E-state index contributed by atoms with van der Waals surface area (Å²) in [5, 5.41) is 18.5. The highest BCUT2D eigenvalue weighted by Gasteiger charge is 2.33. The number of anilines is 1. The standard InChI is InChI=1S/C24H30N4O4S2/c1-3-27-21(26-11-7-5-8-12-26)17(16(2)18(15-25)22(27)31)14-19-23(32)28(24(33)34-19)13-9-4-6-10-20(29)30/h14H,3-13H2,1-2H3,(H,29,30)/b19-14+. The number of carboxylic acid groups (broad SMARTS) is 1. The van der Waals surface area contributed by atoms with Gasteiger partial charge in [0, 0.05) is 38.2 Å². The SMILES string of the molecule is CCn1c(N2CCCCC2)c(/C=C2/SC(=S)N(CCCCCC(=O)O)C2=O)c(C)c(C#N)c1=O. The number of carbonyl (C=O) groups excluding carboxylic acids is 1. The highest BCUT2D eigenvalue weighted by molar-refractivity contribution is 8.26. The van der Waals surface area contributed by atoms with Crippen molar-refractivity contribution in [1.29, 1.82) is 5.26 Å². The molecule has 8 nitrogen and oxygen atoms in total. The molecule has 182 valence electrons. The van der Waals surface area contributed by atoms with Crippen molar-refractivity contribution in [2.24, 2.45) is 0 Å². The van der Waals surface area contributed by atoms with Crippen LogP contribution in [0, 0.1) is 18.3 Å². The van der Waals surface area contributed by atoms with Gasteiger partial charge in [0.2, 0.25) is 0 Å². The lowest BCUT2D eigenvalue weighted by Gasteiger charge is -2.33. The quantitative estimate of drug-likeness (QED) is 0.308. The number of carboxylic acids is 1. The minimum Gasteiger partial charge on any atom is -0.481 e. The number of unbranched alkanes of at least 4 members (excludes halogenated alkanes) is 2. The first-order valence-electron chi connectivity index (χ1n) is 11.7. The van der Waals surface area contributed by atoms with Gasteiger partial charge in [-0.3, -0.25) is 23.9 Å². The maximum atomic E-state index is 13.2. The van der Waals surface area contributed by atoms with E-state index in [2.05, 4.69) is 11.0 Å². The molecule has 1 aromatic rings. The highest BCUT2D eigenvalue weighted by Crippen LogP contribution is 2.36. The lowest BCUT2D eigenvalue weighted by Crippen LogP contribution is -2.37. The summed E-state index contributed by atoms with van der Waals surface area (Å²) in [5.74, 6) is -0.244. The van der Waals surface area contributed by atoms with Crippen LogP contribution in [0.15, 0.2) is 9.70 Å². The van der Waals surface area contributed by atoms with Crippen LogP contribution in [0.2, 0.25) is 0 Å². The Bertz CT molecular complexity index is 1110. The van der Waals surface area contributed by atoms with Crippen molar-refractivity contribution in [2.75, 3.05) is 24.5 Å². The van der Waals surface area contributed by atoms with E-state index in [1.54, 1.807) is 22.5 Å². The van der Waals surface area contributed by atoms with Crippen molar-refractivity contribution in [3.63, 3.8) is 0 Å².